The lowest BCUT2D eigenvalue weighted by Crippen LogP contribution is -2.33. The fraction of sp³-hybridized carbons (Fsp3) is 0.321. The fourth-order valence-electron chi connectivity index (χ4n) is 3.53. The van der Waals surface area contributed by atoms with Crippen molar-refractivity contribution in [2.75, 3.05) is 25.5 Å². The summed E-state index contributed by atoms with van der Waals surface area (Å²) in [6.45, 7) is 6.69. The van der Waals surface area contributed by atoms with E-state index in [9.17, 15) is 14.7 Å². The number of pyridine rings is 1. The van der Waals surface area contributed by atoms with Gasteiger partial charge in [-0.2, -0.15) is 0 Å². The number of hydrogen-bond acceptors (Lipinski definition) is 6. The van der Waals surface area contributed by atoms with E-state index >= 15 is 0 Å². The molecule has 0 aliphatic heterocycles. The lowest BCUT2D eigenvalue weighted by molar-refractivity contribution is 0.0527. The fourth-order valence-corrected chi connectivity index (χ4v) is 4.06. The monoisotopic (exact) mass is 574 g/mol. The van der Waals surface area contributed by atoms with Crippen molar-refractivity contribution in [1.82, 2.24) is 15.2 Å². The summed E-state index contributed by atoms with van der Waals surface area (Å²) in [6, 6.07) is 14.2. The van der Waals surface area contributed by atoms with Crippen LogP contribution >= 0.6 is 23.2 Å². The molecular formula is C28H32Cl2N4O5. The minimum Gasteiger partial charge on any atom is -0.465 e. The van der Waals surface area contributed by atoms with Crippen LogP contribution in [0.5, 0.6) is 11.5 Å². The number of halogens is 2. The van der Waals surface area contributed by atoms with E-state index in [0.717, 1.165) is 16.7 Å². The highest BCUT2D eigenvalue weighted by Gasteiger charge is 2.15. The maximum absolute atomic E-state index is 11.7. The SMILES string of the molecule is CN(Cc1cc(Oc2ccc(NCCCNC(=O)OC(C)(C)C)nc2)cc(-c2cc(Cl)cc(Cl)c2)c1)C(=O)O. The molecule has 0 aliphatic carbocycles. The van der Waals surface area contributed by atoms with E-state index in [2.05, 4.69) is 15.6 Å². The van der Waals surface area contributed by atoms with E-state index in [1.807, 2.05) is 32.9 Å². The first kappa shape index (κ1) is 29.9. The zero-order valence-corrected chi connectivity index (χ0v) is 23.8. The number of aromatic nitrogens is 1. The summed E-state index contributed by atoms with van der Waals surface area (Å²) >= 11 is 12.4. The molecule has 9 nitrogen and oxygen atoms in total. The van der Waals surface area contributed by atoms with Crippen molar-refractivity contribution in [2.45, 2.75) is 39.3 Å². The van der Waals surface area contributed by atoms with Crippen molar-refractivity contribution in [3.05, 3.63) is 70.3 Å². The Hall–Kier alpha value is -3.69. The van der Waals surface area contributed by atoms with Crippen LogP contribution in [0.1, 0.15) is 32.8 Å². The number of carbonyl (C=O) groups is 2. The molecular weight excluding hydrogens is 543 g/mol. The third-order valence-electron chi connectivity index (χ3n) is 5.21. The molecule has 0 fully saturated rings. The molecule has 0 spiro atoms. The van der Waals surface area contributed by atoms with Crippen LogP contribution in [0.3, 0.4) is 0 Å². The first-order valence-electron chi connectivity index (χ1n) is 12.3. The molecule has 0 atom stereocenters. The highest BCUT2D eigenvalue weighted by molar-refractivity contribution is 6.35. The molecule has 0 unspecified atom stereocenters. The van der Waals surface area contributed by atoms with Crippen LogP contribution in [-0.2, 0) is 11.3 Å². The van der Waals surface area contributed by atoms with Gasteiger partial charge in [-0.15, -0.1) is 0 Å². The zero-order valence-electron chi connectivity index (χ0n) is 22.3. The third-order valence-corrected chi connectivity index (χ3v) is 5.64. The highest BCUT2D eigenvalue weighted by atomic mass is 35.5. The molecule has 39 heavy (non-hydrogen) atoms. The summed E-state index contributed by atoms with van der Waals surface area (Å²) in [6.07, 6.45) is 0.796. The predicted molar refractivity (Wildman–Crippen MR) is 153 cm³/mol. The van der Waals surface area contributed by atoms with Gasteiger partial charge < -0.3 is 30.1 Å². The van der Waals surface area contributed by atoms with Gasteiger partial charge in [0, 0.05) is 36.7 Å². The molecule has 2 aromatic carbocycles. The van der Waals surface area contributed by atoms with E-state index in [0.29, 0.717) is 46.9 Å². The topological polar surface area (TPSA) is 113 Å². The Morgan fingerprint density at radius 3 is 2.28 bits per heavy atom. The number of carbonyl (C=O) groups excluding carboxylic acids is 1. The maximum atomic E-state index is 11.7. The van der Waals surface area contributed by atoms with Gasteiger partial charge in [-0.25, -0.2) is 14.6 Å². The number of nitrogens with one attached hydrogen (secondary N) is 2. The lowest BCUT2D eigenvalue weighted by Gasteiger charge is -2.19. The number of ether oxygens (including phenoxy) is 2. The van der Waals surface area contributed by atoms with E-state index in [4.69, 9.17) is 32.7 Å². The Bertz CT molecular complexity index is 1280. The van der Waals surface area contributed by atoms with Crippen molar-refractivity contribution in [2.24, 2.45) is 0 Å². The molecule has 0 saturated carbocycles. The second-order valence-electron chi connectivity index (χ2n) is 9.85. The number of anilines is 1. The molecule has 0 bridgehead atoms. The number of nitrogens with zero attached hydrogens (tertiary/aromatic N) is 2. The lowest BCUT2D eigenvalue weighted by atomic mass is 10.0. The van der Waals surface area contributed by atoms with Gasteiger partial charge in [0.1, 0.15) is 22.9 Å². The molecule has 0 radical (unpaired) electrons. The van der Waals surface area contributed by atoms with Crippen molar-refractivity contribution in [1.29, 1.82) is 0 Å². The van der Waals surface area contributed by atoms with Crippen LogP contribution in [0.15, 0.2) is 54.7 Å². The van der Waals surface area contributed by atoms with Crippen molar-refractivity contribution < 1.29 is 24.2 Å². The van der Waals surface area contributed by atoms with Gasteiger partial charge in [-0.05, 0) is 92.4 Å². The molecule has 3 rings (SSSR count). The maximum Gasteiger partial charge on any atom is 0.407 e. The molecule has 208 valence electrons. The minimum atomic E-state index is -1.04. The third kappa shape index (κ3) is 10.2. The molecule has 11 heteroatoms. The van der Waals surface area contributed by atoms with Crippen LogP contribution in [0.2, 0.25) is 10.0 Å². The number of alkyl carbamates (subject to hydrolysis) is 1. The van der Waals surface area contributed by atoms with Gasteiger partial charge in [0.2, 0.25) is 0 Å². The van der Waals surface area contributed by atoms with Crippen molar-refractivity contribution in [3.8, 4) is 22.6 Å². The van der Waals surface area contributed by atoms with E-state index in [1.165, 1.54) is 11.9 Å². The van der Waals surface area contributed by atoms with E-state index < -0.39 is 17.8 Å². The molecule has 0 saturated heterocycles. The molecule has 0 aliphatic rings. The summed E-state index contributed by atoms with van der Waals surface area (Å²) in [5, 5.41) is 16.2. The Morgan fingerprint density at radius 1 is 0.974 bits per heavy atom. The van der Waals surface area contributed by atoms with Crippen molar-refractivity contribution >= 4 is 41.2 Å². The Kier molecular flexibility index (Phi) is 10.3. The first-order chi connectivity index (χ1) is 18.4. The van der Waals surface area contributed by atoms with Crippen molar-refractivity contribution in [3.63, 3.8) is 0 Å². The van der Waals surface area contributed by atoms with E-state index in [-0.39, 0.29) is 6.54 Å². The first-order valence-corrected chi connectivity index (χ1v) is 13.0. The zero-order chi connectivity index (χ0) is 28.6. The number of hydrogen-bond donors (Lipinski definition) is 3. The molecule has 1 heterocycles. The largest absolute Gasteiger partial charge is 0.465 e. The summed E-state index contributed by atoms with van der Waals surface area (Å²) in [4.78, 5) is 28.6. The van der Waals surface area contributed by atoms with Gasteiger partial charge in [-0.1, -0.05) is 23.2 Å². The number of rotatable bonds is 10. The predicted octanol–water partition coefficient (Wildman–Crippen LogP) is 7.28. The van der Waals surface area contributed by atoms with Crippen LogP contribution in [0.25, 0.3) is 11.1 Å². The normalized spacial score (nSPS) is 11.0. The molecule has 3 N–H and O–H groups in total. The number of carboxylic acid groups (broad SMARTS) is 1. The smallest absolute Gasteiger partial charge is 0.407 e. The molecule has 3 aromatic rings. The van der Waals surface area contributed by atoms with Crippen LogP contribution in [-0.4, -0.2) is 52.9 Å². The van der Waals surface area contributed by atoms with Gasteiger partial charge in [-0.3, -0.25) is 0 Å². The average molecular weight is 575 g/mol. The second-order valence-corrected chi connectivity index (χ2v) is 10.7. The van der Waals surface area contributed by atoms with Crippen LogP contribution < -0.4 is 15.4 Å². The molecule has 2 amide bonds. The standard InChI is InChI=1S/C28H32Cl2N4O5/c1-28(2,3)39-26(35)32-9-5-8-31-25-7-6-23(16-33-25)38-24-11-18(17-34(4)27(36)37)10-19(14-24)20-12-21(29)15-22(30)13-20/h6-7,10-16H,5,8-9,17H2,1-4H3,(H,31,33)(H,32,35)(H,36,37). The van der Waals surface area contributed by atoms with Crippen LogP contribution in [0.4, 0.5) is 15.4 Å². The Labute approximate surface area is 238 Å². The quantitative estimate of drug-likeness (QED) is 0.218. The highest BCUT2D eigenvalue weighted by Crippen LogP contribution is 2.33. The Morgan fingerprint density at radius 2 is 1.67 bits per heavy atom. The van der Waals surface area contributed by atoms with E-state index in [1.54, 1.807) is 42.6 Å². The van der Waals surface area contributed by atoms with Gasteiger partial charge in [0.15, 0.2) is 0 Å². The number of amides is 2. The summed E-state index contributed by atoms with van der Waals surface area (Å²) < 4.78 is 11.3. The minimum absolute atomic E-state index is 0.164. The van der Waals surface area contributed by atoms with Crippen LogP contribution in [0, 0.1) is 0 Å². The van der Waals surface area contributed by atoms with Gasteiger partial charge in [0.25, 0.3) is 0 Å². The summed E-state index contributed by atoms with van der Waals surface area (Å²) in [5.74, 6) is 1.67. The van der Waals surface area contributed by atoms with Gasteiger partial charge >= 0.3 is 12.2 Å². The van der Waals surface area contributed by atoms with Gasteiger partial charge in [0.05, 0.1) is 6.20 Å². The molecule has 1 aromatic heterocycles. The summed E-state index contributed by atoms with van der Waals surface area (Å²) in [5.41, 5.74) is 1.75. The average Bonchev–Trinajstić information content (AvgIpc) is 2.83. The second kappa shape index (κ2) is 13.4. The summed E-state index contributed by atoms with van der Waals surface area (Å²) in [7, 11) is 1.50. The Balaban J connectivity index is 1.65. The number of benzene rings is 2.